The largest absolute Gasteiger partial charge is 0.391 e. The number of anilines is 1. The van der Waals surface area contributed by atoms with Crippen LogP contribution in [0, 0.1) is 5.92 Å². The van der Waals surface area contributed by atoms with E-state index in [0.717, 1.165) is 12.8 Å². The van der Waals surface area contributed by atoms with Gasteiger partial charge in [0.2, 0.25) is 0 Å². The first-order valence-corrected chi connectivity index (χ1v) is 6.60. The zero-order valence-electron chi connectivity index (χ0n) is 9.69. The number of aliphatic hydroxyl groups is 1. The lowest BCUT2D eigenvalue weighted by Gasteiger charge is -2.13. The van der Waals surface area contributed by atoms with Crippen molar-refractivity contribution in [1.29, 1.82) is 0 Å². The molecular weight excluding hydrogens is 286 g/mol. The summed E-state index contributed by atoms with van der Waals surface area (Å²) in [5.41, 5.74) is 0.484. The minimum Gasteiger partial charge on any atom is -0.391 e. The zero-order chi connectivity index (χ0) is 12.4. The number of hydrogen-bond donors (Lipinski definition) is 2. The van der Waals surface area contributed by atoms with Gasteiger partial charge in [-0.2, -0.15) is 5.10 Å². The molecule has 1 aliphatic rings. The average Bonchev–Trinajstić information content (AvgIpc) is 3.15. The van der Waals surface area contributed by atoms with Gasteiger partial charge in [-0.15, -0.1) is 0 Å². The molecule has 1 aromatic heterocycles. The number of nitrogens with one attached hydrogen (secondary N) is 1. The summed E-state index contributed by atoms with van der Waals surface area (Å²) in [4.78, 5) is 11.8. The molecule has 0 amide bonds. The average molecular weight is 302 g/mol. The molecule has 1 saturated carbocycles. The van der Waals surface area contributed by atoms with Gasteiger partial charge in [-0.05, 0) is 41.6 Å². The lowest BCUT2D eigenvalue weighted by Crippen LogP contribution is -2.26. The normalized spacial score (nSPS) is 16.9. The van der Waals surface area contributed by atoms with Crippen molar-refractivity contribution in [2.75, 3.05) is 11.9 Å². The highest BCUT2D eigenvalue weighted by Crippen LogP contribution is 2.32. The molecule has 0 aliphatic heterocycles. The van der Waals surface area contributed by atoms with E-state index in [-0.39, 0.29) is 11.7 Å². The van der Waals surface area contributed by atoms with Crippen LogP contribution < -0.4 is 10.9 Å². The SMILES string of the molecule is CCn1ncc(NCC(O)C2CC2)c(Br)c1=O. The predicted molar refractivity (Wildman–Crippen MR) is 69.1 cm³/mol. The minimum absolute atomic E-state index is 0.154. The van der Waals surface area contributed by atoms with Crippen LogP contribution in [0.1, 0.15) is 19.8 Å². The first-order chi connectivity index (χ1) is 8.13. The molecule has 1 heterocycles. The van der Waals surface area contributed by atoms with Crippen LogP contribution in [0.3, 0.4) is 0 Å². The Balaban J connectivity index is 2.05. The fourth-order valence-corrected chi connectivity index (χ4v) is 2.12. The zero-order valence-corrected chi connectivity index (χ0v) is 11.3. The molecule has 1 aliphatic carbocycles. The molecule has 0 spiro atoms. The van der Waals surface area contributed by atoms with Crippen molar-refractivity contribution in [2.24, 2.45) is 5.92 Å². The topological polar surface area (TPSA) is 67.2 Å². The Morgan fingerprint density at radius 1 is 1.71 bits per heavy atom. The Hall–Kier alpha value is -0.880. The second-order valence-corrected chi connectivity index (χ2v) is 5.07. The maximum Gasteiger partial charge on any atom is 0.283 e. The molecular formula is C11H16BrN3O2. The molecule has 1 fully saturated rings. The molecule has 5 nitrogen and oxygen atoms in total. The molecule has 94 valence electrons. The van der Waals surface area contributed by atoms with Crippen molar-refractivity contribution in [2.45, 2.75) is 32.4 Å². The third-order valence-corrected chi connectivity index (χ3v) is 3.72. The van der Waals surface area contributed by atoms with Crippen LogP contribution in [0.4, 0.5) is 5.69 Å². The van der Waals surface area contributed by atoms with Crippen molar-refractivity contribution in [3.63, 3.8) is 0 Å². The van der Waals surface area contributed by atoms with Crippen LogP contribution in [0.5, 0.6) is 0 Å². The van der Waals surface area contributed by atoms with Crippen molar-refractivity contribution >= 4 is 21.6 Å². The van der Waals surface area contributed by atoms with Gasteiger partial charge in [0.25, 0.3) is 5.56 Å². The van der Waals surface area contributed by atoms with Crippen molar-refractivity contribution < 1.29 is 5.11 Å². The maximum atomic E-state index is 11.8. The Bertz CT molecular complexity index is 457. The van der Waals surface area contributed by atoms with Crippen LogP contribution in [-0.2, 0) is 6.54 Å². The second kappa shape index (κ2) is 5.18. The lowest BCUT2D eigenvalue weighted by atomic mass is 10.2. The summed E-state index contributed by atoms with van der Waals surface area (Å²) < 4.78 is 1.85. The predicted octanol–water partition coefficient (Wildman–Crippen LogP) is 1.21. The quantitative estimate of drug-likeness (QED) is 0.858. The monoisotopic (exact) mass is 301 g/mol. The van der Waals surface area contributed by atoms with Crippen molar-refractivity contribution in [3.8, 4) is 0 Å². The minimum atomic E-state index is -0.337. The van der Waals surface area contributed by atoms with Crippen LogP contribution in [-0.4, -0.2) is 27.5 Å². The van der Waals surface area contributed by atoms with Gasteiger partial charge in [-0.25, -0.2) is 4.68 Å². The van der Waals surface area contributed by atoms with E-state index in [2.05, 4.69) is 26.3 Å². The second-order valence-electron chi connectivity index (χ2n) is 4.28. The van der Waals surface area contributed by atoms with E-state index < -0.39 is 0 Å². The molecule has 2 rings (SSSR count). The first-order valence-electron chi connectivity index (χ1n) is 5.81. The number of halogens is 1. The molecule has 1 aromatic rings. The summed E-state index contributed by atoms with van der Waals surface area (Å²) in [5.74, 6) is 0.422. The first kappa shape index (κ1) is 12.6. The van der Waals surface area contributed by atoms with Gasteiger partial charge in [0.05, 0.1) is 18.0 Å². The van der Waals surface area contributed by atoms with E-state index in [1.807, 2.05) is 6.92 Å². The van der Waals surface area contributed by atoms with Gasteiger partial charge in [-0.3, -0.25) is 4.79 Å². The molecule has 17 heavy (non-hydrogen) atoms. The molecule has 0 radical (unpaired) electrons. The van der Waals surface area contributed by atoms with Crippen molar-refractivity contribution in [1.82, 2.24) is 9.78 Å². The molecule has 2 N–H and O–H groups in total. The molecule has 1 unspecified atom stereocenters. The van der Waals surface area contributed by atoms with Gasteiger partial charge in [0.15, 0.2) is 0 Å². The van der Waals surface area contributed by atoms with Crippen LogP contribution in [0.25, 0.3) is 0 Å². The van der Waals surface area contributed by atoms with Crippen LogP contribution in [0.2, 0.25) is 0 Å². The Labute approximate surface area is 108 Å². The number of aliphatic hydroxyl groups excluding tert-OH is 1. The summed E-state index contributed by atoms with van der Waals surface area (Å²) in [6.07, 6.45) is 3.46. The summed E-state index contributed by atoms with van der Waals surface area (Å²) in [6, 6.07) is 0. The number of aryl methyl sites for hydroxylation is 1. The van der Waals surface area contributed by atoms with Gasteiger partial charge in [0, 0.05) is 13.1 Å². The fourth-order valence-electron chi connectivity index (χ4n) is 1.68. The van der Waals surface area contributed by atoms with E-state index in [9.17, 15) is 9.90 Å². The van der Waals surface area contributed by atoms with Gasteiger partial charge in [-0.1, -0.05) is 0 Å². The Morgan fingerprint density at radius 2 is 2.41 bits per heavy atom. The van der Waals surface area contributed by atoms with Gasteiger partial charge >= 0.3 is 0 Å². The summed E-state index contributed by atoms with van der Waals surface area (Å²) in [5, 5.41) is 16.8. The highest BCUT2D eigenvalue weighted by Gasteiger charge is 2.29. The summed E-state index contributed by atoms with van der Waals surface area (Å²) >= 11 is 3.26. The standard InChI is InChI=1S/C11H16BrN3O2/c1-2-15-11(17)10(12)8(5-14-15)13-6-9(16)7-3-4-7/h5,7,9,13,16H,2-4,6H2,1H3. The molecule has 0 bridgehead atoms. The van der Waals surface area contributed by atoms with Gasteiger partial charge < -0.3 is 10.4 Å². The molecule has 0 saturated heterocycles. The maximum absolute atomic E-state index is 11.8. The Morgan fingerprint density at radius 3 is 3.00 bits per heavy atom. The smallest absolute Gasteiger partial charge is 0.283 e. The van der Waals surface area contributed by atoms with E-state index in [0.29, 0.717) is 29.2 Å². The number of nitrogens with zero attached hydrogens (tertiary/aromatic N) is 2. The number of rotatable bonds is 5. The van der Waals surface area contributed by atoms with Crippen molar-refractivity contribution in [3.05, 3.63) is 21.0 Å². The number of hydrogen-bond acceptors (Lipinski definition) is 4. The lowest BCUT2D eigenvalue weighted by molar-refractivity contribution is 0.164. The van der Waals surface area contributed by atoms with E-state index >= 15 is 0 Å². The van der Waals surface area contributed by atoms with Crippen LogP contribution in [0.15, 0.2) is 15.5 Å². The van der Waals surface area contributed by atoms with E-state index in [1.54, 1.807) is 6.20 Å². The fraction of sp³-hybridized carbons (Fsp3) is 0.636. The highest BCUT2D eigenvalue weighted by atomic mass is 79.9. The third kappa shape index (κ3) is 2.87. The highest BCUT2D eigenvalue weighted by molar-refractivity contribution is 9.10. The third-order valence-electron chi connectivity index (χ3n) is 2.95. The summed E-state index contributed by atoms with van der Waals surface area (Å²) in [7, 11) is 0. The summed E-state index contributed by atoms with van der Waals surface area (Å²) in [6.45, 7) is 2.87. The van der Waals surface area contributed by atoms with Crippen LogP contribution >= 0.6 is 15.9 Å². The number of aromatic nitrogens is 2. The molecule has 1 atom stereocenters. The van der Waals surface area contributed by atoms with E-state index in [1.165, 1.54) is 4.68 Å². The van der Waals surface area contributed by atoms with E-state index in [4.69, 9.17) is 0 Å². The molecule has 0 aromatic carbocycles. The Kier molecular flexibility index (Phi) is 3.83. The van der Waals surface area contributed by atoms with Gasteiger partial charge in [0.1, 0.15) is 4.47 Å². The molecule has 6 heteroatoms.